The van der Waals surface area contributed by atoms with Crippen molar-refractivity contribution in [3.05, 3.63) is 24.5 Å². The van der Waals surface area contributed by atoms with Crippen molar-refractivity contribution in [3.63, 3.8) is 0 Å². The summed E-state index contributed by atoms with van der Waals surface area (Å²) >= 11 is 0. The number of sulfonamides is 1. The number of likely N-dealkylation sites (N-methyl/N-ethyl adjacent to an activating group) is 1. The molecule has 0 aliphatic heterocycles. The molecular formula is C10H17N7O2S. The Morgan fingerprint density at radius 3 is 2.85 bits per heavy atom. The number of hydrogen-bond acceptors (Lipinski definition) is 6. The van der Waals surface area contributed by atoms with Crippen molar-refractivity contribution in [2.45, 2.75) is 18.0 Å². The molecule has 0 aliphatic rings. The predicted octanol–water partition coefficient (Wildman–Crippen LogP) is -1.29. The third-order valence-electron chi connectivity index (χ3n) is 2.74. The summed E-state index contributed by atoms with van der Waals surface area (Å²) in [5.41, 5.74) is 0. The van der Waals surface area contributed by atoms with Gasteiger partial charge in [-0.3, -0.25) is 4.68 Å². The van der Waals surface area contributed by atoms with Gasteiger partial charge >= 0.3 is 0 Å². The Hall–Kier alpha value is -1.78. The lowest BCUT2D eigenvalue weighted by atomic mass is 10.6. The zero-order valence-electron chi connectivity index (χ0n) is 11.3. The number of aromatic nitrogens is 5. The summed E-state index contributed by atoms with van der Waals surface area (Å²) in [6.45, 7) is 1.41. The van der Waals surface area contributed by atoms with Gasteiger partial charge in [-0.2, -0.15) is 5.10 Å². The molecule has 2 rings (SSSR count). The fourth-order valence-corrected chi connectivity index (χ4v) is 2.47. The second-order valence-electron chi connectivity index (χ2n) is 4.23. The Morgan fingerprint density at radius 1 is 1.40 bits per heavy atom. The Labute approximate surface area is 117 Å². The Balaban J connectivity index is 2.03. The summed E-state index contributed by atoms with van der Waals surface area (Å²) in [6.07, 6.45) is 4.34. The van der Waals surface area contributed by atoms with Gasteiger partial charge in [0.2, 0.25) is 10.0 Å². The third-order valence-corrected chi connectivity index (χ3v) is 4.09. The molecule has 0 aromatic carbocycles. The van der Waals surface area contributed by atoms with Crippen LogP contribution in [0.3, 0.4) is 0 Å². The molecule has 2 heterocycles. The van der Waals surface area contributed by atoms with Gasteiger partial charge in [-0.25, -0.2) is 13.1 Å². The summed E-state index contributed by atoms with van der Waals surface area (Å²) in [5.74, 6) is 0.538. The zero-order valence-corrected chi connectivity index (χ0v) is 12.1. The molecular weight excluding hydrogens is 282 g/mol. The van der Waals surface area contributed by atoms with Crippen molar-refractivity contribution in [1.82, 2.24) is 34.6 Å². The number of aryl methyl sites for hydroxylation is 1. The van der Waals surface area contributed by atoms with Crippen molar-refractivity contribution in [1.29, 1.82) is 0 Å². The van der Waals surface area contributed by atoms with Crippen LogP contribution in [0, 0.1) is 0 Å². The molecule has 0 saturated carbocycles. The fraction of sp³-hybridized carbons (Fsp3) is 0.500. The van der Waals surface area contributed by atoms with Crippen molar-refractivity contribution in [3.8, 4) is 0 Å². The Bertz CT molecular complexity index is 661. The maximum absolute atomic E-state index is 12.1. The van der Waals surface area contributed by atoms with Crippen LogP contribution >= 0.6 is 0 Å². The van der Waals surface area contributed by atoms with E-state index in [0.717, 1.165) is 0 Å². The summed E-state index contributed by atoms with van der Waals surface area (Å²) < 4.78 is 29.9. The van der Waals surface area contributed by atoms with Crippen LogP contribution in [0.2, 0.25) is 0 Å². The summed E-state index contributed by atoms with van der Waals surface area (Å²) in [7, 11) is -0.0197. The molecule has 10 heteroatoms. The number of hydrogen-bond donors (Lipinski definition) is 2. The van der Waals surface area contributed by atoms with E-state index in [0.29, 0.717) is 18.9 Å². The van der Waals surface area contributed by atoms with Crippen LogP contribution in [0.1, 0.15) is 5.82 Å². The predicted molar refractivity (Wildman–Crippen MR) is 71.2 cm³/mol. The largest absolute Gasteiger partial charge is 0.320 e. The van der Waals surface area contributed by atoms with Gasteiger partial charge in [0.1, 0.15) is 17.0 Å². The molecule has 9 nitrogen and oxygen atoms in total. The maximum atomic E-state index is 12.1. The first kappa shape index (κ1) is 14.6. The SMILES string of the molecule is CNCCn1cc(S(=O)(=O)NCc2nncn2C)cn1. The standard InChI is InChI=1S/C10H17N7O2S/c1-11-3-4-17-7-9(5-13-17)20(18,19)14-6-10-15-12-8-16(10)2/h5,7-8,11,14H,3-4,6H2,1-2H3. The van der Waals surface area contributed by atoms with Gasteiger partial charge in [0.05, 0.1) is 19.3 Å². The van der Waals surface area contributed by atoms with E-state index < -0.39 is 10.0 Å². The van der Waals surface area contributed by atoms with Gasteiger partial charge in [0.25, 0.3) is 0 Å². The maximum Gasteiger partial charge on any atom is 0.244 e. The summed E-state index contributed by atoms with van der Waals surface area (Å²) in [5, 5.41) is 14.5. The van der Waals surface area contributed by atoms with E-state index in [1.807, 2.05) is 7.05 Å². The molecule has 0 saturated heterocycles. The second-order valence-corrected chi connectivity index (χ2v) is 5.99. The van der Waals surface area contributed by atoms with Crippen LogP contribution in [-0.2, 0) is 30.2 Å². The van der Waals surface area contributed by atoms with Crippen molar-refractivity contribution >= 4 is 10.0 Å². The average Bonchev–Trinajstić information content (AvgIpc) is 3.03. The highest BCUT2D eigenvalue weighted by Crippen LogP contribution is 2.07. The first-order valence-electron chi connectivity index (χ1n) is 6.02. The lowest BCUT2D eigenvalue weighted by molar-refractivity contribution is 0.573. The van der Waals surface area contributed by atoms with Crippen molar-refractivity contribution < 1.29 is 8.42 Å². The van der Waals surface area contributed by atoms with E-state index in [9.17, 15) is 8.42 Å². The summed E-state index contributed by atoms with van der Waals surface area (Å²) in [4.78, 5) is 0.135. The molecule has 0 fully saturated rings. The van der Waals surface area contributed by atoms with E-state index in [4.69, 9.17) is 0 Å². The smallest absolute Gasteiger partial charge is 0.244 e. The zero-order chi connectivity index (χ0) is 14.6. The monoisotopic (exact) mass is 299 g/mol. The topological polar surface area (TPSA) is 107 Å². The van der Waals surface area contributed by atoms with Crippen LogP contribution in [0.15, 0.2) is 23.6 Å². The van der Waals surface area contributed by atoms with Gasteiger partial charge in [-0.05, 0) is 7.05 Å². The first-order valence-corrected chi connectivity index (χ1v) is 7.51. The average molecular weight is 299 g/mol. The molecule has 20 heavy (non-hydrogen) atoms. The highest BCUT2D eigenvalue weighted by atomic mass is 32.2. The van der Waals surface area contributed by atoms with Crippen LogP contribution < -0.4 is 10.0 Å². The highest BCUT2D eigenvalue weighted by molar-refractivity contribution is 7.89. The molecule has 0 amide bonds. The molecule has 2 aromatic rings. The molecule has 0 spiro atoms. The second kappa shape index (κ2) is 6.11. The number of nitrogens with one attached hydrogen (secondary N) is 2. The minimum Gasteiger partial charge on any atom is -0.320 e. The molecule has 0 radical (unpaired) electrons. The van der Waals surface area contributed by atoms with E-state index in [1.165, 1.54) is 18.7 Å². The minimum absolute atomic E-state index is 0.0839. The van der Waals surface area contributed by atoms with Gasteiger partial charge in [0.15, 0.2) is 0 Å². The Morgan fingerprint density at radius 2 is 2.20 bits per heavy atom. The summed E-state index contributed by atoms with van der Waals surface area (Å²) in [6, 6.07) is 0. The van der Waals surface area contributed by atoms with E-state index in [1.54, 1.807) is 16.3 Å². The number of rotatable bonds is 7. The molecule has 2 aromatic heterocycles. The molecule has 0 aliphatic carbocycles. The molecule has 0 atom stereocenters. The normalized spacial score (nSPS) is 11.9. The van der Waals surface area contributed by atoms with Gasteiger partial charge < -0.3 is 9.88 Å². The minimum atomic E-state index is -3.59. The van der Waals surface area contributed by atoms with E-state index in [2.05, 4.69) is 25.3 Å². The van der Waals surface area contributed by atoms with Crippen LogP contribution in [0.5, 0.6) is 0 Å². The fourth-order valence-electron chi connectivity index (χ4n) is 1.54. The molecule has 110 valence electrons. The van der Waals surface area contributed by atoms with Crippen LogP contribution in [-0.4, -0.2) is 46.6 Å². The van der Waals surface area contributed by atoms with E-state index >= 15 is 0 Å². The Kier molecular flexibility index (Phi) is 4.47. The van der Waals surface area contributed by atoms with Gasteiger partial charge in [-0.15, -0.1) is 10.2 Å². The first-order chi connectivity index (χ1) is 9.53. The molecule has 0 unspecified atom stereocenters. The van der Waals surface area contributed by atoms with Gasteiger partial charge in [0, 0.05) is 19.8 Å². The van der Waals surface area contributed by atoms with Crippen LogP contribution in [0.4, 0.5) is 0 Å². The molecule has 0 bridgehead atoms. The van der Waals surface area contributed by atoms with Gasteiger partial charge in [-0.1, -0.05) is 0 Å². The molecule has 2 N–H and O–H groups in total. The quantitative estimate of drug-likeness (QED) is 0.659. The third kappa shape index (κ3) is 3.40. The highest BCUT2D eigenvalue weighted by Gasteiger charge is 2.17. The van der Waals surface area contributed by atoms with Crippen molar-refractivity contribution in [2.75, 3.05) is 13.6 Å². The lowest BCUT2D eigenvalue weighted by Gasteiger charge is -2.04. The lowest BCUT2D eigenvalue weighted by Crippen LogP contribution is -2.24. The van der Waals surface area contributed by atoms with Crippen LogP contribution in [0.25, 0.3) is 0 Å². The van der Waals surface area contributed by atoms with Crippen molar-refractivity contribution in [2.24, 2.45) is 7.05 Å². The number of nitrogens with zero attached hydrogens (tertiary/aromatic N) is 5. The van der Waals surface area contributed by atoms with E-state index in [-0.39, 0.29) is 11.4 Å².